The van der Waals surface area contributed by atoms with Gasteiger partial charge in [0.2, 0.25) is 5.95 Å². The maximum Gasteiger partial charge on any atom is 0.330 e. The number of nitrogens with zero attached hydrogens (tertiary/aromatic N) is 2. The predicted molar refractivity (Wildman–Crippen MR) is 112 cm³/mol. The fourth-order valence-electron chi connectivity index (χ4n) is 2.36. The fraction of sp³-hybridized carbons (Fsp3) is 0. The van der Waals surface area contributed by atoms with Crippen LogP contribution in [0.1, 0.15) is 0 Å². The zero-order valence-corrected chi connectivity index (χ0v) is 16.4. The molecule has 3 rings (SSSR count). The van der Waals surface area contributed by atoms with E-state index in [-0.39, 0.29) is 27.6 Å². The van der Waals surface area contributed by atoms with Crippen LogP contribution in [-0.2, 0) is 9.59 Å². The minimum absolute atomic E-state index is 0.112. The topological polar surface area (TPSA) is 160 Å². The molecule has 0 saturated carbocycles. The number of hydrogen-bond donors (Lipinski definition) is 5. The van der Waals surface area contributed by atoms with Crippen molar-refractivity contribution in [3.05, 3.63) is 62.9 Å². The Hall–Kier alpha value is -3.83. The molecule has 0 unspecified atom stereocenters. The Morgan fingerprint density at radius 2 is 1.77 bits per heavy atom. The Kier molecular flexibility index (Phi) is 6.04. The van der Waals surface area contributed by atoms with Crippen molar-refractivity contribution in [2.45, 2.75) is 0 Å². The standard InChI is InChI=1S/C17H13Cl2N7O4/c18-8-5-6-12(10(19)7-8)21-13(27)14(28)25-26-15(29)9-3-1-2-4-11(9)22-17(26)24-23-16(20)30/h1-7H,(H,21,27)(H,22,24)(H,25,28)(H3,20,23,30). The van der Waals surface area contributed by atoms with Crippen molar-refractivity contribution in [1.82, 2.24) is 15.1 Å². The molecule has 0 bridgehead atoms. The monoisotopic (exact) mass is 449 g/mol. The molecule has 1 heterocycles. The van der Waals surface area contributed by atoms with E-state index in [9.17, 15) is 19.2 Å². The number of amides is 4. The van der Waals surface area contributed by atoms with E-state index < -0.39 is 23.4 Å². The average molecular weight is 450 g/mol. The number of hydrogen-bond acceptors (Lipinski definition) is 6. The number of nitrogens with two attached hydrogens (primary N) is 1. The number of halogens is 2. The summed E-state index contributed by atoms with van der Waals surface area (Å²) in [6.45, 7) is 0. The first kappa shape index (κ1) is 20.9. The van der Waals surface area contributed by atoms with Gasteiger partial charge in [0.1, 0.15) is 0 Å². The molecule has 11 nitrogen and oxygen atoms in total. The van der Waals surface area contributed by atoms with Gasteiger partial charge in [-0.2, -0.15) is 4.68 Å². The van der Waals surface area contributed by atoms with E-state index in [1.807, 2.05) is 5.43 Å². The Morgan fingerprint density at radius 3 is 2.47 bits per heavy atom. The second kappa shape index (κ2) is 8.68. The lowest BCUT2D eigenvalue weighted by atomic mass is 10.2. The minimum Gasteiger partial charge on any atom is -0.350 e. The van der Waals surface area contributed by atoms with Crippen LogP contribution in [0.4, 0.5) is 16.4 Å². The van der Waals surface area contributed by atoms with Crippen LogP contribution in [-0.4, -0.2) is 27.5 Å². The highest BCUT2D eigenvalue weighted by atomic mass is 35.5. The van der Waals surface area contributed by atoms with Crippen molar-refractivity contribution in [2.24, 2.45) is 5.73 Å². The number of primary amides is 1. The Balaban J connectivity index is 1.90. The number of rotatable bonds is 4. The SMILES string of the molecule is NC(=O)NNc1nc2ccccc2c(=O)n1NC(=O)C(=O)Nc1ccc(Cl)cc1Cl. The van der Waals surface area contributed by atoms with E-state index >= 15 is 0 Å². The van der Waals surface area contributed by atoms with Gasteiger partial charge in [0, 0.05) is 5.02 Å². The van der Waals surface area contributed by atoms with Gasteiger partial charge in [-0.25, -0.2) is 20.6 Å². The van der Waals surface area contributed by atoms with Crippen molar-refractivity contribution in [1.29, 1.82) is 0 Å². The number of benzene rings is 2. The third-order valence-corrected chi connectivity index (χ3v) is 4.22. The molecule has 4 amide bonds. The third-order valence-electron chi connectivity index (χ3n) is 3.67. The molecule has 2 aromatic carbocycles. The zero-order valence-electron chi connectivity index (χ0n) is 14.9. The summed E-state index contributed by atoms with van der Waals surface area (Å²) in [6.07, 6.45) is 0. The average Bonchev–Trinajstić information content (AvgIpc) is 2.70. The van der Waals surface area contributed by atoms with Gasteiger partial charge in [-0.3, -0.25) is 19.8 Å². The van der Waals surface area contributed by atoms with Crippen molar-refractivity contribution in [3.63, 3.8) is 0 Å². The number of anilines is 2. The number of para-hydroxylation sites is 1. The van der Waals surface area contributed by atoms with E-state index in [0.29, 0.717) is 9.70 Å². The summed E-state index contributed by atoms with van der Waals surface area (Å²) in [6, 6.07) is 9.56. The first-order valence-electron chi connectivity index (χ1n) is 8.17. The second-order valence-corrected chi connectivity index (χ2v) is 6.57. The molecule has 0 spiro atoms. The summed E-state index contributed by atoms with van der Waals surface area (Å²) < 4.78 is 0.656. The number of aromatic nitrogens is 2. The number of carbonyl (C=O) groups is 3. The summed E-state index contributed by atoms with van der Waals surface area (Å²) in [7, 11) is 0. The van der Waals surface area contributed by atoms with Crippen molar-refractivity contribution in [3.8, 4) is 0 Å². The van der Waals surface area contributed by atoms with Crippen molar-refractivity contribution >= 4 is 63.6 Å². The van der Waals surface area contributed by atoms with Crippen LogP contribution in [0, 0.1) is 0 Å². The van der Waals surface area contributed by atoms with Gasteiger partial charge in [-0.05, 0) is 30.3 Å². The molecule has 0 radical (unpaired) electrons. The van der Waals surface area contributed by atoms with Crippen LogP contribution >= 0.6 is 23.2 Å². The quantitative estimate of drug-likeness (QED) is 0.298. The van der Waals surface area contributed by atoms with Gasteiger partial charge in [-0.15, -0.1) is 0 Å². The molecular formula is C17H13Cl2N7O4. The maximum atomic E-state index is 12.8. The molecule has 30 heavy (non-hydrogen) atoms. The van der Waals surface area contributed by atoms with Gasteiger partial charge in [0.25, 0.3) is 5.56 Å². The van der Waals surface area contributed by atoms with Crippen LogP contribution in [0.15, 0.2) is 47.3 Å². The lowest BCUT2D eigenvalue weighted by Gasteiger charge is -2.15. The Labute approximate surface area is 178 Å². The largest absolute Gasteiger partial charge is 0.350 e. The summed E-state index contributed by atoms with van der Waals surface area (Å²) in [5.41, 5.74) is 11.2. The first-order chi connectivity index (χ1) is 14.3. The molecule has 0 fully saturated rings. The number of hydrazine groups is 1. The van der Waals surface area contributed by atoms with Gasteiger partial charge in [-0.1, -0.05) is 35.3 Å². The molecule has 154 valence electrons. The number of urea groups is 1. The van der Waals surface area contributed by atoms with Gasteiger partial charge < -0.3 is 11.1 Å². The van der Waals surface area contributed by atoms with Gasteiger partial charge in [0.15, 0.2) is 0 Å². The summed E-state index contributed by atoms with van der Waals surface area (Å²) in [5, 5.41) is 2.91. The molecule has 6 N–H and O–H groups in total. The van der Waals surface area contributed by atoms with Gasteiger partial charge >= 0.3 is 17.8 Å². The maximum absolute atomic E-state index is 12.8. The molecule has 0 atom stereocenters. The van der Waals surface area contributed by atoms with Crippen molar-refractivity contribution in [2.75, 3.05) is 16.2 Å². The lowest BCUT2D eigenvalue weighted by Crippen LogP contribution is -2.43. The highest BCUT2D eigenvalue weighted by Crippen LogP contribution is 2.25. The molecule has 0 aliphatic rings. The van der Waals surface area contributed by atoms with Crippen molar-refractivity contribution < 1.29 is 14.4 Å². The normalized spacial score (nSPS) is 10.3. The molecule has 3 aromatic rings. The van der Waals surface area contributed by atoms with Gasteiger partial charge in [0.05, 0.1) is 21.6 Å². The summed E-state index contributed by atoms with van der Waals surface area (Å²) in [5.74, 6) is -2.61. The smallest absolute Gasteiger partial charge is 0.330 e. The second-order valence-electron chi connectivity index (χ2n) is 5.73. The van der Waals surface area contributed by atoms with Crippen LogP contribution < -0.4 is 32.9 Å². The van der Waals surface area contributed by atoms with E-state index in [2.05, 4.69) is 21.2 Å². The number of nitrogens with one attached hydrogen (secondary N) is 4. The third kappa shape index (κ3) is 4.59. The zero-order chi connectivity index (χ0) is 21.8. The van der Waals surface area contributed by atoms with Crippen LogP contribution in [0.2, 0.25) is 10.0 Å². The highest BCUT2D eigenvalue weighted by molar-refractivity contribution is 6.44. The predicted octanol–water partition coefficient (Wildman–Crippen LogP) is 1.41. The molecule has 1 aromatic heterocycles. The highest BCUT2D eigenvalue weighted by Gasteiger charge is 2.19. The summed E-state index contributed by atoms with van der Waals surface area (Å²) >= 11 is 11.8. The molecule has 0 aliphatic carbocycles. The first-order valence-corrected chi connectivity index (χ1v) is 8.92. The van der Waals surface area contributed by atoms with Crippen LogP contribution in [0.25, 0.3) is 10.9 Å². The van der Waals surface area contributed by atoms with E-state index in [1.54, 1.807) is 18.2 Å². The fourth-order valence-corrected chi connectivity index (χ4v) is 2.82. The van der Waals surface area contributed by atoms with Crippen LogP contribution in [0.3, 0.4) is 0 Å². The van der Waals surface area contributed by atoms with E-state index in [4.69, 9.17) is 28.9 Å². The Morgan fingerprint density at radius 1 is 1.03 bits per heavy atom. The lowest BCUT2D eigenvalue weighted by molar-refractivity contribution is -0.133. The van der Waals surface area contributed by atoms with E-state index in [0.717, 1.165) is 0 Å². The number of carbonyl (C=O) groups excluding carboxylic acids is 3. The molecule has 0 aliphatic heterocycles. The molecular weight excluding hydrogens is 437 g/mol. The minimum atomic E-state index is -1.21. The molecule has 13 heteroatoms. The van der Waals surface area contributed by atoms with E-state index in [1.165, 1.54) is 24.3 Å². The number of fused-ring (bicyclic) bond motifs is 1. The Bertz CT molecular complexity index is 1230. The molecule has 0 saturated heterocycles. The van der Waals surface area contributed by atoms with Crippen LogP contribution in [0.5, 0.6) is 0 Å². The summed E-state index contributed by atoms with van der Waals surface area (Å²) in [4.78, 5) is 52.5.